The Morgan fingerprint density at radius 1 is 0.955 bits per heavy atom. The van der Waals surface area contributed by atoms with Crippen LogP contribution in [0.3, 0.4) is 0 Å². The highest BCUT2D eigenvalue weighted by molar-refractivity contribution is 5.78. The summed E-state index contributed by atoms with van der Waals surface area (Å²) in [5, 5.41) is 17.5. The van der Waals surface area contributed by atoms with E-state index in [1.807, 2.05) is 0 Å². The molecule has 2 unspecified atom stereocenters. The van der Waals surface area contributed by atoms with Crippen molar-refractivity contribution < 1.29 is 28.6 Å². The minimum absolute atomic E-state index is 0.293. The van der Waals surface area contributed by atoms with Crippen molar-refractivity contribution >= 4 is 11.9 Å². The van der Waals surface area contributed by atoms with E-state index in [1.165, 1.54) is 12.1 Å². The number of alkyl halides is 2. The maximum Gasteiger partial charge on any atom is 0.343 e. The summed E-state index contributed by atoms with van der Waals surface area (Å²) < 4.78 is 27.4. The van der Waals surface area contributed by atoms with E-state index in [2.05, 4.69) is 6.07 Å². The lowest BCUT2D eigenvalue weighted by Gasteiger charge is -2.12. The fourth-order valence-electron chi connectivity index (χ4n) is 1.98. The fraction of sp³-hybridized carbons (Fsp3) is 0.125. The van der Waals surface area contributed by atoms with Crippen LogP contribution in [-0.4, -0.2) is 22.2 Å². The minimum atomic E-state index is -2.37. The standard InChI is InChI=1S/C16H11F2O4/c17-13(15(19)20)11-6-10(9-4-2-1-3-5-9)7-12(8-11)14(18)16(21)22/h1-4,6-8,13-14H,(H,19,20)(H,21,22). The van der Waals surface area contributed by atoms with Gasteiger partial charge in [-0.3, -0.25) is 0 Å². The first kappa shape index (κ1) is 15.6. The summed E-state index contributed by atoms with van der Waals surface area (Å²) in [6.45, 7) is 0. The third-order valence-corrected chi connectivity index (χ3v) is 3.02. The molecule has 0 amide bonds. The molecule has 1 radical (unpaired) electrons. The molecular weight excluding hydrogens is 294 g/mol. The number of carbonyl (C=O) groups is 2. The van der Waals surface area contributed by atoms with Crippen molar-refractivity contribution in [3.05, 3.63) is 59.7 Å². The summed E-state index contributed by atoms with van der Waals surface area (Å²) in [4.78, 5) is 21.5. The average Bonchev–Trinajstić information content (AvgIpc) is 2.53. The monoisotopic (exact) mass is 305 g/mol. The van der Waals surface area contributed by atoms with Gasteiger partial charge in [0.2, 0.25) is 12.3 Å². The van der Waals surface area contributed by atoms with Gasteiger partial charge in [0.05, 0.1) is 0 Å². The number of benzene rings is 2. The average molecular weight is 305 g/mol. The number of hydrogen-bond donors (Lipinski definition) is 2. The molecule has 2 rings (SSSR count). The van der Waals surface area contributed by atoms with E-state index < -0.39 is 24.3 Å². The van der Waals surface area contributed by atoms with Crippen LogP contribution in [0, 0.1) is 6.07 Å². The Hall–Kier alpha value is -2.76. The second-order valence-electron chi connectivity index (χ2n) is 4.57. The van der Waals surface area contributed by atoms with Gasteiger partial charge < -0.3 is 10.2 Å². The molecule has 0 bridgehead atoms. The van der Waals surface area contributed by atoms with Gasteiger partial charge in [0.15, 0.2) is 0 Å². The van der Waals surface area contributed by atoms with E-state index in [0.29, 0.717) is 11.1 Å². The highest BCUT2D eigenvalue weighted by Gasteiger charge is 2.24. The topological polar surface area (TPSA) is 74.6 Å². The van der Waals surface area contributed by atoms with Crippen LogP contribution in [-0.2, 0) is 9.59 Å². The molecule has 4 nitrogen and oxygen atoms in total. The lowest BCUT2D eigenvalue weighted by Crippen LogP contribution is -2.10. The van der Waals surface area contributed by atoms with Gasteiger partial charge in [0.1, 0.15) is 0 Å². The van der Waals surface area contributed by atoms with E-state index in [4.69, 9.17) is 10.2 Å². The molecule has 0 saturated heterocycles. The van der Waals surface area contributed by atoms with Crippen LogP contribution in [0.15, 0.2) is 42.5 Å². The second-order valence-corrected chi connectivity index (χ2v) is 4.57. The number of carboxylic acids is 2. The van der Waals surface area contributed by atoms with Gasteiger partial charge in [0, 0.05) is 0 Å². The highest BCUT2D eigenvalue weighted by atomic mass is 19.1. The zero-order valence-electron chi connectivity index (χ0n) is 11.2. The fourth-order valence-corrected chi connectivity index (χ4v) is 1.98. The van der Waals surface area contributed by atoms with Gasteiger partial charge in [0.25, 0.3) is 0 Å². The van der Waals surface area contributed by atoms with Crippen molar-refractivity contribution in [2.24, 2.45) is 0 Å². The van der Waals surface area contributed by atoms with Gasteiger partial charge in [-0.2, -0.15) is 0 Å². The van der Waals surface area contributed by atoms with Crippen LogP contribution in [0.2, 0.25) is 0 Å². The van der Waals surface area contributed by atoms with E-state index in [1.54, 1.807) is 24.3 Å². The van der Waals surface area contributed by atoms with Crippen molar-refractivity contribution in [1.82, 2.24) is 0 Å². The summed E-state index contributed by atoms with van der Waals surface area (Å²) in [6, 6.07) is 12.8. The molecule has 22 heavy (non-hydrogen) atoms. The predicted octanol–water partition coefficient (Wildman–Crippen LogP) is 3.34. The number of carboxylic acid groups (broad SMARTS) is 2. The van der Waals surface area contributed by atoms with Gasteiger partial charge >= 0.3 is 11.9 Å². The number of hydrogen-bond acceptors (Lipinski definition) is 2. The molecule has 0 fully saturated rings. The molecule has 113 valence electrons. The van der Waals surface area contributed by atoms with Crippen molar-refractivity contribution in [1.29, 1.82) is 0 Å². The SMILES string of the molecule is O=C(O)C(F)c1cc(-c2[c]cccc2)cc(C(F)C(=O)O)c1. The van der Waals surface area contributed by atoms with Crippen LogP contribution < -0.4 is 0 Å². The first-order valence-corrected chi connectivity index (χ1v) is 6.26. The Labute approximate surface area is 124 Å². The lowest BCUT2D eigenvalue weighted by atomic mass is 9.96. The molecule has 0 saturated carbocycles. The van der Waals surface area contributed by atoms with Gasteiger partial charge in [-0.15, -0.1) is 0 Å². The normalized spacial score (nSPS) is 13.4. The van der Waals surface area contributed by atoms with Crippen LogP contribution in [0.1, 0.15) is 23.5 Å². The third kappa shape index (κ3) is 3.28. The molecule has 0 aliphatic heterocycles. The molecule has 0 aliphatic carbocycles. The molecule has 2 atom stereocenters. The van der Waals surface area contributed by atoms with Crippen molar-refractivity contribution in [3.8, 4) is 11.1 Å². The number of halogens is 2. The van der Waals surface area contributed by atoms with Gasteiger partial charge in [-0.1, -0.05) is 24.3 Å². The summed E-state index contributed by atoms with van der Waals surface area (Å²) in [5.74, 6) is -3.46. The Kier molecular flexibility index (Phi) is 4.50. The molecule has 0 aliphatic rings. The molecule has 2 aromatic carbocycles. The zero-order valence-corrected chi connectivity index (χ0v) is 11.2. The van der Waals surface area contributed by atoms with Crippen molar-refractivity contribution in [2.75, 3.05) is 0 Å². The van der Waals surface area contributed by atoms with Crippen molar-refractivity contribution in [3.63, 3.8) is 0 Å². The van der Waals surface area contributed by atoms with Crippen LogP contribution in [0.25, 0.3) is 11.1 Å². The molecule has 0 aromatic heterocycles. The number of aliphatic carboxylic acids is 2. The zero-order chi connectivity index (χ0) is 16.3. The van der Waals surface area contributed by atoms with Crippen LogP contribution >= 0.6 is 0 Å². The quantitative estimate of drug-likeness (QED) is 0.888. The molecule has 2 aromatic rings. The molecule has 0 spiro atoms. The summed E-state index contributed by atoms with van der Waals surface area (Å²) >= 11 is 0. The number of rotatable bonds is 5. The maximum absolute atomic E-state index is 13.7. The Bertz CT molecular complexity index is 662. The van der Waals surface area contributed by atoms with E-state index >= 15 is 0 Å². The van der Waals surface area contributed by atoms with E-state index in [9.17, 15) is 18.4 Å². The van der Waals surface area contributed by atoms with Crippen molar-refractivity contribution in [2.45, 2.75) is 12.3 Å². The van der Waals surface area contributed by atoms with Crippen LogP contribution in [0.4, 0.5) is 8.78 Å². The van der Waals surface area contributed by atoms with Gasteiger partial charge in [-0.05, 0) is 46.5 Å². The predicted molar refractivity (Wildman–Crippen MR) is 73.7 cm³/mol. The van der Waals surface area contributed by atoms with Crippen LogP contribution in [0.5, 0.6) is 0 Å². The highest BCUT2D eigenvalue weighted by Crippen LogP contribution is 2.30. The summed E-state index contributed by atoms with van der Waals surface area (Å²) in [5.41, 5.74) is 0.129. The maximum atomic E-state index is 13.7. The summed E-state index contributed by atoms with van der Waals surface area (Å²) in [7, 11) is 0. The van der Waals surface area contributed by atoms with E-state index in [-0.39, 0.29) is 11.1 Å². The first-order valence-electron chi connectivity index (χ1n) is 6.26. The smallest absolute Gasteiger partial charge is 0.343 e. The summed E-state index contributed by atoms with van der Waals surface area (Å²) in [6.07, 6.45) is -4.74. The second kappa shape index (κ2) is 6.34. The Morgan fingerprint density at radius 2 is 1.50 bits per heavy atom. The van der Waals surface area contributed by atoms with E-state index in [0.717, 1.165) is 6.07 Å². The largest absolute Gasteiger partial charge is 0.479 e. The molecule has 6 heteroatoms. The Balaban J connectivity index is 2.58. The Morgan fingerprint density at radius 3 is 1.91 bits per heavy atom. The molecule has 2 N–H and O–H groups in total. The lowest BCUT2D eigenvalue weighted by molar-refractivity contribution is -0.143. The molecular formula is C16H11F2O4. The molecule has 0 heterocycles. The third-order valence-electron chi connectivity index (χ3n) is 3.02. The first-order chi connectivity index (χ1) is 10.4. The van der Waals surface area contributed by atoms with Gasteiger partial charge in [-0.25, -0.2) is 18.4 Å². The minimum Gasteiger partial charge on any atom is -0.479 e.